The molecule has 0 saturated carbocycles. The molecule has 0 bridgehead atoms. The monoisotopic (exact) mass is 270 g/mol. The second kappa shape index (κ2) is 4.30. The number of hydrogen-bond donors (Lipinski definition) is 2. The van der Waals surface area contributed by atoms with Crippen molar-refractivity contribution in [3.63, 3.8) is 0 Å². The lowest BCUT2D eigenvalue weighted by Crippen LogP contribution is -2.13. The first-order valence-corrected chi connectivity index (χ1v) is 6.91. The summed E-state index contributed by atoms with van der Waals surface area (Å²) >= 11 is 0.972. The van der Waals surface area contributed by atoms with Crippen LogP contribution in [0.5, 0.6) is 0 Å². The van der Waals surface area contributed by atoms with Gasteiger partial charge in [0, 0.05) is 17.2 Å². The maximum Gasteiger partial charge on any atom is 0.262 e. The molecular weight excluding hydrogens is 260 g/mol. The van der Waals surface area contributed by atoms with E-state index in [1.54, 1.807) is 19.1 Å². The van der Waals surface area contributed by atoms with Crippen LogP contribution in [0.25, 0.3) is 0 Å². The summed E-state index contributed by atoms with van der Waals surface area (Å²) in [6.07, 6.45) is 1.35. The van der Waals surface area contributed by atoms with Crippen LogP contribution in [0, 0.1) is 6.92 Å². The van der Waals surface area contributed by atoms with Gasteiger partial charge in [-0.05, 0) is 24.6 Å². The van der Waals surface area contributed by atoms with Gasteiger partial charge in [0.2, 0.25) is 0 Å². The van der Waals surface area contributed by atoms with Crippen molar-refractivity contribution in [3.8, 4) is 0 Å². The van der Waals surface area contributed by atoms with Gasteiger partial charge in [0.25, 0.3) is 10.0 Å². The quantitative estimate of drug-likeness (QED) is 0.817. The predicted octanol–water partition coefficient (Wildman–Crippen LogP) is 1.23. The lowest BCUT2D eigenvalue weighted by molar-refractivity contribution is 0.601. The highest BCUT2D eigenvalue weighted by molar-refractivity contribution is 7.93. The number of anilines is 2. The average molecular weight is 270 g/mol. The second-order valence-electron chi connectivity index (χ2n) is 3.41. The summed E-state index contributed by atoms with van der Waals surface area (Å²) in [6.45, 7) is 1.71. The van der Waals surface area contributed by atoms with Crippen LogP contribution < -0.4 is 10.5 Å². The van der Waals surface area contributed by atoms with Gasteiger partial charge in [0.15, 0.2) is 0 Å². The highest BCUT2D eigenvalue weighted by Gasteiger charge is 2.18. The number of hydrogen-bond acceptors (Lipinski definition) is 6. The fraction of sp³-hybridized carbons (Fsp3) is 0.111. The third-order valence-corrected chi connectivity index (χ3v) is 4.31. The van der Waals surface area contributed by atoms with Crippen molar-refractivity contribution < 1.29 is 8.42 Å². The number of nitrogen functional groups attached to an aromatic ring is 1. The predicted molar refractivity (Wildman–Crippen MR) is 66.3 cm³/mol. The Kier molecular flexibility index (Phi) is 2.99. The van der Waals surface area contributed by atoms with Gasteiger partial charge in [0.05, 0.1) is 11.1 Å². The fourth-order valence-corrected chi connectivity index (χ4v) is 3.27. The lowest BCUT2D eigenvalue weighted by Gasteiger charge is -2.08. The van der Waals surface area contributed by atoms with Crippen molar-refractivity contribution in [1.29, 1.82) is 0 Å². The number of rotatable bonds is 3. The summed E-state index contributed by atoms with van der Waals surface area (Å²) in [4.78, 5) is 0.158. The first-order chi connectivity index (χ1) is 7.99. The molecule has 0 spiro atoms. The van der Waals surface area contributed by atoms with Crippen molar-refractivity contribution in [1.82, 2.24) is 9.59 Å². The van der Waals surface area contributed by atoms with Crippen molar-refractivity contribution in [2.75, 3.05) is 10.5 Å². The van der Waals surface area contributed by atoms with E-state index >= 15 is 0 Å². The highest BCUT2D eigenvalue weighted by atomic mass is 32.2. The molecule has 1 aromatic heterocycles. The van der Waals surface area contributed by atoms with Crippen molar-refractivity contribution >= 4 is 32.2 Å². The zero-order valence-corrected chi connectivity index (χ0v) is 10.5. The first kappa shape index (κ1) is 11.8. The molecule has 2 aromatic rings. The Hall–Kier alpha value is -1.67. The SMILES string of the molecule is Cc1ccc(N)cc1S(=O)(=O)Nc1cnns1. The molecule has 0 aliphatic heterocycles. The smallest absolute Gasteiger partial charge is 0.262 e. The standard InChI is InChI=1S/C9H10N4O2S2/c1-6-2-3-7(10)4-8(6)17(14,15)12-9-5-11-13-16-9/h2-5,12H,10H2,1H3. The van der Waals surface area contributed by atoms with Gasteiger partial charge in [-0.2, -0.15) is 0 Å². The minimum absolute atomic E-state index is 0.158. The largest absolute Gasteiger partial charge is 0.399 e. The molecule has 0 unspecified atom stereocenters. The Labute approximate surface area is 103 Å². The molecule has 0 aliphatic carbocycles. The van der Waals surface area contributed by atoms with E-state index in [1.807, 2.05) is 0 Å². The van der Waals surface area contributed by atoms with E-state index in [0.29, 0.717) is 16.3 Å². The molecule has 0 radical (unpaired) electrons. The summed E-state index contributed by atoms with van der Waals surface area (Å²) in [5.74, 6) is 0. The Balaban J connectivity index is 2.41. The van der Waals surface area contributed by atoms with Gasteiger partial charge >= 0.3 is 0 Å². The molecule has 0 atom stereocenters. The van der Waals surface area contributed by atoms with E-state index in [9.17, 15) is 8.42 Å². The summed E-state index contributed by atoms with van der Waals surface area (Å²) in [5.41, 5.74) is 6.61. The molecule has 2 rings (SSSR count). The number of sulfonamides is 1. The van der Waals surface area contributed by atoms with Gasteiger partial charge in [-0.3, -0.25) is 4.72 Å². The van der Waals surface area contributed by atoms with Gasteiger partial charge in [0.1, 0.15) is 5.00 Å². The molecule has 90 valence electrons. The molecule has 1 aromatic carbocycles. The van der Waals surface area contributed by atoms with Crippen LogP contribution in [0.2, 0.25) is 0 Å². The highest BCUT2D eigenvalue weighted by Crippen LogP contribution is 2.22. The van der Waals surface area contributed by atoms with Gasteiger partial charge in [-0.25, -0.2) is 8.42 Å². The van der Waals surface area contributed by atoms with Crippen LogP contribution >= 0.6 is 11.5 Å². The fourth-order valence-electron chi connectivity index (χ4n) is 1.31. The molecule has 1 heterocycles. The van der Waals surface area contributed by atoms with Crippen LogP contribution in [0.1, 0.15) is 5.56 Å². The molecule has 8 heteroatoms. The first-order valence-electron chi connectivity index (χ1n) is 4.65. The summed E-state index contributed by atoms with van der Waals surface area (Å²) in [6, 6.07) is 4.74. The van der Waals surface area contributed by atoms with Crippen molar-refractivity contribution in [3.05, 3.63) is 30.0 Å². The topological polar surface area (TPSA) is 98.0 Å². The number of benzene rings is 1. The van der Waals surface area contributed by atoms with Crippen LogP contribution in [0.3, 0.4) is 0 Å². The summed E-state index contributed by atoms with van der Waals surface area (Å²) in [7, 11) is -3.64. The third-order valence-electron chi connectivity index (χ3n) is 2.10. The Morgan fingerprint density at radius 2 is 2.18 bits per heavy atom. The molecule has 6 nitrogen and oxygen atoms in total. The molecular formula is C9H10N4O2S2. The summed E-state index contributed by atoms with van der Waals surface area (Å²) < 4.78 is 30.1. The Morgan fingerprint density at radius 3 is 2.82 bits per heavy atom. The molecule has 17 heavy (non-hydrogen) atoms. The Bertz CT molecular complexity index is 622. The molecule has 0 saturated heterocycles. The van der Waals surface area contributed by atoms with E-state index in [4.69, 9.17) is 5.73 Å². The van der Waals surface area contributed by atoms with E-state index in [1.165, 1.54) is 12.3 Å². The van der Waals surface area contributed by atoms with Gasteiger partial charge in [-0.1, -0.05) is 10.6 Å². The lowest BCUT2D eigenvalue weighted by atomic mass is 10.2. The zero-order valence-electron chi connectivity index (χ0n) is 8.91. The minimum atomic E-state index is -3.64. The van der Waals surface area contributed by atoms with E-state index in [-0.39, 0.29) is 4.90 Å². The number of nitrogens with two attached hydrogens (primary N) is 1. The maximum atomic E-state index is 12.1. The van der Waals surface area contributed by atoms with Crippen molar-refractivity contribution in [2.45, 2.75) is 11.8 Å². The summed E-state index contributed by atoms with van der Waals surface area (Å²) in [5, 5.41) is 3.92. The molecule has 3 N–H and O–H groups in total. The number of nitrogens with zero attached hydrogens (tertiary/aromatic N) is 2. The van der Waals surface area contributed by atoms with Crippen LogP contribution in [0.15, 0.2) is 29.3 Å². The average Bonchev–Trinajstić information content (AvgIpc) is 2.73. The van der Waals surface area contributed by atoms with Gasteiger partial charge < -0.3 is 5.73 Å². The third kappa shape index (κ3) is 2.53. The van der Waals surface area contributed by atoms with Crippen LogP contribution in [-0.2, 0) is 10.0 Å². The van der Waals surface area contributed by atoms with E-state index in [2.05, 4.69) is 14.3 Å². The van der Waals surface area contributed by atoms with Crippen molar-refractivity contribution in [2.24, 2.45) is 0 Å². The van der Waals surface area contributed by atoms with E-state index < -0.39 is 10.0 Å². The molecule has 0 amide bonds. The zero-order chi connectivity index (χ0) is 12.5. The van der Waals surface area contributed by atoms with Crippen LogP contribution in [0.4, 0.5) is 10.7 Å². The van der Waals surface area contributed by atoms with E-state index in [0.717, 1.165) is 11.5 Å². The van der Waals surface area contributed by atoms with Crippen LogP contribution in [-0.4, -0.2) is 18.0 Å². The second-order valence-corrected chi connectivity index (χ2v) is 5.85. The number of nitrogens with one attached hydrogen (secondary N) is 1. The maximum absolute atomic E-state index is 12.1. The molecule has 0 aliphatic rings. The number of aromatic nitrogens is 2. The normalized spacial score (nSPS) is 11.4. The number of aryl methyl sites for hydroxylation is 1. The van der Waals surface area contributed by atoms with Gasteiger partial charge in [-0.15, -0.1) is 5.10 Å². The Morgan fingerprint density at radius 1 is 1.41 bits per heavy atom. The minimum Gasteiger partial charge on any atom is -0.399 e. The molecule has 0 fully saturated rings.